The minimum Gasteiger partial charge on any atom is -0.497 e. The molecule has 0 spiro atoms. The Bertz CT molecular complexity index is 899. The van der Waals surface area contributed by atoms with Gasteiger partial charge in [-0.05, 0) is 61.7 Å². The molecule has 0 aliphatic rings. The van der Waals surface area contributed by atoms with Gasteiger partial charge in [-0.15, -0.1) is 11.8 Å². The van der Waals surface area contributed by atoms with Gasteiger partial charge in [-0.25, -0.2) is 8.42 Å². The molecule has 0 unspecified atom stereocenters. The molecule has 2 rings (SSSR count). The number of benzene rings is 2. The number of amides is 1. The molecule has 0 heterocycles. The Hall–Kier alpha value is -2.23. The molecule has 0 saturated carbocycles. The predicted molar refractivity (Wildman–Crippen MR) is 114 cm³/mol. The molecule has 1 N–H and O–H groups in total. The van der Waals surface area contributed by atoms with Crippen LogP contribution in [0.4, 0.5) is 0 Å². The maximum absolute atomic E-state index is 12.6. The third kappa shape index (κ3) is 6.66. The lowest BCUT2D eigenvalue weighted by molar-refractivity contribution is -0.121. The van der Waals surface area contributed by atoms with E-state index in [1.165, 1.54) is 18.8 Å². The topological polar surface area (TPSA) is 84.9 Å². The highest BCUT2D eigenvalue weighted by molar-refractivity contribution is 7.98. The van der Waals surface area contributed by atoms with Gasteiger partial charge in [0, 0.05) is 11.9 Å². The summed E-state index contributed by atoms with van der Waals surface area (Å²) in [6.45, 7) is 1.77. The summed E-state index contributed by atoms with van der Waals surface area (Å²) in [5.74, 6) is 0.981. The third-order valence-electron chi connectivity index (χ3n) is 4.10. The molecular weight excluding hydrogens is 412 g/mol. The molecule has 0 aliphatic heterocycles. The zero-order valence-electron chi connectivity index (χ0n) is 16.9. The summed E-state index contributed by atoms with van der Waals surface area (Å²) < 4.78 is 37.0. The van der Waals surface area contributed by atoms with E-state index in [0.717, 1.165) is 15.0 Å². The minimum atomic E-state index is -3.74. The van der Waals surface area contributed by atoms with Gasteiger partial charge in [0.25, 0.3) is 0 Å². The summed E-state index contributed by atoms with van der Waals surface area (Å²) in [6.07, 6.45) is 1.92. The molecule has 0 aromatic heterocycles. The van der Waals surface area contributed by atoms with Crippen molar-refractivity contribution in [2.24, 2.45) is 0 Å². The Labute approximate surface area is 176 Å². The lowest BCUT2D eigenvalue weighted by atomic mass is 10.3. The molecule has 7 nitrogen and oxygen atoms in total. The zero-order chi connectivity index (χ0) is 21.4. The lowest BCUT2D eigenvalue weighted by Gasteiger charge is -2.19. The Morgan fingerprint density at radius 3 is 2.24 bits per heavy atom. The average molecular weight is 439 g/mol. The van der Waals surface area contributed by atoms with Crippen LogP contribution in [0, 0.1) is 0 Å². The van der Waals surface area contributed by atoms with E-state index in [1.807, 2.05) is 6.26 Å². The number of methoxy groups -OCH3 is 1. The quantitative estimate of drug-likeness (QED) is 0.574. The number of hydrogen-bond donors (Lipinski definition) is 1. The van der Waals surface area contributed by atoms with Crippen LogP contribution in [0.25, 0.3) is 0 Å². The SMILES string of the molecule is COc1ccc(OC[C@@H](C)NC(=O)CN(C)S(=O)(=O)c2ccc(SC)cc2)cc1. The van der Waals surface area contributed by atoms with E-state index in [9.17, 15) is 13.2 Å². The Balaban J connectivity index is 1.85. The fraction of sp³-hybridized carbons (Fsp3) is 0.350. The summed E-state index contributed by atoms with van der Waals surface area (Å²) in [6, 6.07) is 13.4. The predicted octanol–water partition coefficient (Wildman–Crippen LogP) is 2.62. The molecule has 2 aromatic carbocycles. The van der Waals surface area contributed by atoms with Crippen molar-refractivity contribution in [3.63, 3.8) is 0 Å². The second kappa shape index (κ2) is 10.5. The first-order valence-corrected chi connectivity index (χ1v) is 11.6. The van der Waals surface area contributed by atoms with E-state index < -0.39 is 15.9 Å². The van der Waals surface area contributed by atoms with Crippen molar-refractivity contribution >= 4 is 27.7 Å². The highest BCUT2D eigenvalue weighted by Crippen LogP contribution is 2.20. The normalized spacial score (nSPS) is 12.4. The summed E-state index contributed by atoms with van der Waals surface area (Å²) >= 11 is 1.53. The van der Waals surface area contributed by atoms with Gasteiger partial charge in [-0.2, -0.15) is 4.31 Å². The van der Waals surface area contributed by atoms with Crippen LogP contribution in [0.1, 0.15) is 6.92 Å². The number of nitrogens with one attached hydrogen (secondary N) is 1. The molecule has 0 radical (unpaired) electrons. The van der Waals surface area contributed by atoms with Crippen molar-refractivity contribution in [3.05, 3.63) is 48.5 Å². The highest BCUT2D eigenvalue weighted by Gasteiger charge is 2.23. The molecule has 9 heteroatoms. The van der Waals surface area contributed by atoms with E-state index in [4.69, 9.17) is 9.47 Å². The van der Waals surface area contributed by atoms with Crippen LogP contribution in [-0.2, 0) is 14.8 Å². The van der Waals surface area contributed by atoms with Gasteiger partial charge in [0.2, 0.25) is 15.9 Å². The van der Waals surface area contributed by atoms with Crippen LogP contribution in [0.3, 0.4) is 0 Å². The molecule has 2 aromatic rings. The first kappa shape index (κ1) is 23.1. The van der Waals surface area contributed by atoms with Gasteiger partial charge in [-0.3, -0.25) is 4.79 Å². The summed E-state index contributed by atoms with van der Waals surface area (Å²) in [5.41, 5.74) is 0. The number of likely N-dealkylation sites (N-methyl/N-ethyl adjacent to an activating group) is 1. The molecule has 1 atom stereocenters. The first-order chi connectivity index (χ1) is 13.8. The summed E-state index contributed by atoms with van der Waals surface area (Å²) in [5, 5.41) is 2.75. The van der Waals surface area contributed by atoms with E-state index in [-0.39, 0.29) is 24.1 Å². The van der Waals surface area contributed by atoms with Crippen LogP contribution < -0.4 is 14.8 Å². The fourth-order valence-electron chi connectivity index (χ4n) is 2.47. The number of carbonyl (C=O) groups is 1. The van der Waals surface area contributed by atoms with Crippen LogP contribution in [-0.4, -0.2) is 58.2 Å². The number of sulfonamides is 1. The van der Waals surface area contributed by atoms with Gasteiger partial charge >= 0.3 is 0 Å². The standard InChI is InChI=1S/C20H26N2O5S2/c1-15(14-27-17-7-5-16(26-3)6-8-17)21-20(23)13-22(2)29(24,25)19-11-9-18(28-4)10-12-19/h5-12,15H,13-14H2,1-4H3,(H,21,23)/t15-/m1/s1. The van der Waals surface area contributed by atoms with E-state index >= 15 is 0 Å². The number of rotatable bonds is 10. The smallest absolute Gasteiger partial charge is 0.243 e. The monoisotopic (exact) mass is 438 g/mol. The van der Waals surface area contributed by atoms with Crippen LogP contribution in [0.2, 0.25) is 0 Å². The molecule has 158 valence electrons. The highest BCUT2D eigenvalue weighted by atomic mass is 32.2. The Kier molecular flexibility index (Phi) is 8.36. The van der Waals surface area contributed by atoms with Crippen molar-refractivity contribution in [2.75, 3.05) is 33.6 Å². The van der Waals surface area contributed by atoms with Crippen LogP contribution in [0.15, 0.2) is 58.3 Å². The Morgan fingerprint density at radius 1 is 1.10 bits per heavy atom. The number of carbonyl (C=O) groups excluding carboxylic acids is 1. The summed E-state index contributed by atoms with van der Waals surface area (Å²) in [4.78, 5) is 13.4. The van der Waals surface area contributed by atoms with Crippen molar-refractivity contribution in [1.29, 1.82) is 0 Å². The third-order valence-corrected chi connectivity index (χ3v) is 6.66. The first-order valence-electron chi connectivity index (χ1n) is 8.93. The van der Waals surface area contributed by atoms with Crippen molar-refractivity contribution in [2.45, 2.75) is 22.8 Å². The molecule has 0 aliphatic carbocycles. The largest absolute Gasteiger partial charge is 0.497 e. The second-order valence-electron chi connectivity index (χ2n) is 6.39. The van der Waals surface area contributed by atoms with Gasteiger partial charge in [0.1, 0.15) is 18.1 Å². The van der Waals surface area contributed by atoms with Gasteiger partial charge in [-0.1, -0.05) is 0 Å². The number of thioether (sulfide) groups is 1. The Morgan fingerprint density at radius 2 is 1.69 bits per heavy atom. The van der Waals surface area contributed by atoms with Crippen molar-refractivity contribution in [1.82, 2.24) is 9.62 Å². The number of hydrogen-bond acceptors (Lipinski definition) is 6. The van der Waals surface area contributed by atoms with Gasteiger partial charge in [0.05, 0.1) is 24.6 Å². The van der Waals surface area contributed by atoms with E-state index in [0.29, 0.717) is 5.75 Å². The van der Waals surface area contributed by atoms with Crippen LogP contribution >= 0.6 is 11.8 Å². The van der Waals surface area contributed by atoms with E-state index in [1.54, 1.807) is 62.6 Å². The van der Waals surface area contributed by atoms with Crippen molar-refractivity contribution in [3.8, 4) is 11.5 Å². The number of nitrogens with zero attached hydrogens (tertiary/aromatic N) is 1. The molecule has 0 saturated heterocycles. The molecule has 29 heavy (non-hydrogen) atoms. The molecule has 1 amide bonds. The molecular formula is C20H26N2O5S2. The second-order valence-corrected chi connectivity index (χ2v) is 9.32. The maximum atomic E-state index is 12.6. The van der Waals surface area contributed by atoms with Gasteiger partial charge in [0.15, 0.2) is 0 Å². The van der Waals surface area contributed by atoms with Crippen molar-refractivity contribution < 1.29 is 22.7 Å². The lowest BCUT2D eigenvalue weighted by Crippen LogP contribution is -2.43. The average Bonchev–Trinajstić information content (AvgIpc) is 2.72. The number of ether oxygens (including phenoxy) is 2. The fourth-order valence-corrected chi connectivity index (χ4v) is 4.01. The molecule has 0 fully saturated rings. The maximum Gasteiger partial charge on any atom is 0.243 e. The summed E-state index contributed by atoms with van der Waals surface area (Å²) in [7, 11) is -0.764. The van der Waals surface area contributed by atoms with Crippen LogP contribution in [0.5, 0.6) is 11.5 Å². The van der Waals surface area contributed by atoms with E-state index in [2.05, 4.69) is 5.32 Å². The van der Waals surface area contributed by atoms with Gasteiger partial charge < -0.3 is 14.8 Å². The minimum absolute atomic E-state index is 0.154. The molecule has 0 bridgehead atoms. The zero-order valence-corrected chi connectivity index (χ0v) is 18.5.